The summed E-state index contributed by atoms with van der Waals surface area (Å²) in [6.45, 7) is 2.74. The summed E-state index contributed by atoms with van der Waals surface area (Å²) in [5, 5.41) is 55.0. The Morgan fingerprint density at radius 1 is 0.981 bits per heavy atom. The van der Waals surface area contributed by atoms with E-state index in [4.69, 9.17) is 9.47 Å². The van der Waals surface area contributed by atoms with Crippen molar-refractivity contribution in [2.75, 3.05) is 13.1 Å². The summed E-state index contributed by atoms with van der Waals surface area (Å²) in [7, 11) is 0. The second-order valence-electron chi connectivity index (χ2n) is 12.8. The summed E-state index contributed by atoms with van der Waals surface area (Å²) >= 11 is 1.22. The number of carbonyl (C=O) groups excluding carboxylic acids is 3. The number of likely N-dealkylation sites (tertiary alicyclic amines) is 1. The maximum atomic E-state index is 13.4. The Labute approximate surface area is 300 Å². The number of carbonyl (C=O) groups is 4. The lowest BCUT2D eigenvalue weighted by atomic mass is 9.79. The molecule has 2 aromatic carbocycles. The van der Waals surface area contributed by atoms with Gasteiger partial charge in [-0.3, -0.25) is 25.0 Å². The zero-order chi connectivity index (χ0) is 37.9. The summed E-state index contributed by atoms with van der Waals surface area (Å²) in [5.74, 6) is -2.90. The van der Waals surface area contributed by atoms with Gasteiger partial charge in [0.1, 0.15) is 18.9 Å². The van der Waals surface area contributed by atoms with Crippen molar-refractivity contribution >= 4 is 47.2 Å². The largest absolute Gasteiger partial charge is 0.477 e. The number of nitrogens with zero attached hydrogens (tertiary/aromatic N) is 4. The molecule has 3 amide bonds. The molecule has 0 aromatic heterocycles. The van der Waals surface area contributed by atoms with E-state index in [0.717, 1.165) is 0 Å². The second kappa shape index (κ2) is 16.0. The molecule has 52 heavy (non-hydrogen) atoms. The van der Waals surface area contributed by atoms with E-state index in [1.807, 2.05) is 0 Å². The fourth-order valence-corrected chi connectivity index (χ4v) is 8.28. The molecule has 3 aliphatic heterocycles. The third-order valence-corrected chi connectivity index (χ3v) is 10.8. The van der Waals surface area contributed by atoms with E-state index >= 15 is 0 Å². The van der Waals surface area contributed by atoms with Gasteiger partial charge in [-0.15, -0.1) is 11.8 Å². The Bertz CT molecular complexity index is 1750. The predicted molar refractivity (Wildman–Crippen MR) is 181 cm³/mol. The van der Waals surface area contributed by atoms with Crippen LogP contribution in [0.3, 0.4) is 0 Å². The van der Waals surface area contributed by atoms with Crippen LogP contribution in [0.1, 0.15) is 37.8 Å². The number of benzene rings is 2. The summed E-state index contributed by atoms with van der Waals surface area (Å²) in [5.41, 5.74) is 0.600. The molecular weight excluding hydrogens is 706 g/mol. The van der Waals surface area contributed by atoms with Crippen molar-refractivity contribution in [1.29, 1.82) is 0 Å². The molecule has 0 radical (unpaired) electrons. The highest BCUT2D eigenvalue weighted by atomic mass is 32.2. The van der Waals surface area contributed by atoms with Gasteiger partial charge < -0.3 is 39.9 Å². The van der Waals surface area contributed by atoms with Crippen LogP contribution in [-0.4, -0.2) is 102 Å². The lowest BCUT2D eigenvalue weighted by Crippen LogP contribution is -2.63. The van der Waals surface area contributed by atoms with Crippen molar-refractivity contribution in [3.63, 3.8) is 0 Å². The molecule has 0 aliphatic carbocycles. The number of aliphatic hydroxyl groups is 2. The zero-order valence-electron chi connectivity index (χ0n) is 28.0. The SMILES string of the molecule is C[C@@H](O)[C@H]1C(=O)N2C(C(=O)O)=C(S[C@H]3C[C@@H](CC(O)CNC(=O)OCc4ccc([N+](=O)[O-])cc4)N(C(=O)OCc4ccc([N+](=O)[O-])cc4)C3)[C@H](C)[C@H]12. The minimum Gasteiger partial charge on any atom is -0.477 e. The number of alkyl carbamates (subject to hydrolysis) is 1. The molecule has 5 rings (SSSR count). The lowest BCUT2D eigenvalue weighted by Gasteiger charge is -2.46. The van der Waals surface area contributed by atoms with E-state index in [1.165, 1.54) is 77.0 Å². The minimum absolute atomic E-state index is 0.00987. The number of hydrogen-bond acceptors (Lipinski definition) is 13. The predicted octanol–water partition coefficient (Wildman–Crippen LogP) is 3.15. The molecular formula is C33H37N5O13S. The normalized spacial score (nSPS) is 23.4. The topological polar surface area (TPSA) is 252 Å². The van der Waals surface area contributed by atoms with Crippen molar-refractivity contribution in [2.45, 2.75) is 69.4 Å². The third-order valence-electron chi connectivity index (χ3n) is 9.27. The summed E-state index contributed by atoms with van der Waals surface area (Å²) in [6.07, 6.45) is -3.44. The second-order valence-corrected chi connectivity index (χ2v) is 14.1. The number of non-ortho nitro benzene ring substituents is 2. The molecule has 2 fully saturated rings. The average molecular weight is 744 g/mol. The van der Waals surface area contributed by atoms with Crippen molar-refractivity contribution in [3.05, 3.63) is 90.5 Å². The van der Waals surface area contributed by atoms with Crippen LogP contribution in [-0.2, 0) is 32.3 Å². The highest BCUT2D eigenvalue weighted by Crippen LogP contribution is 2.52. The van der Waals surface area contributed by atoms with E-state index < -0.39 is 70.0 Å². The van der Waals surface area contributed by atoms with Gasteiger partial charge in [0.25, 0.3) is 11.4 Å². The summed E-state index contributed by atoms with van der Waals surface area (Å²) in [6, 6.07) is 9.76. The molecule has 3 aliphatic rings. The molecule has 18 nitrogen and oxygen atoms in total. The highest BCUT2D eigenvalue weighted by molar-refractivity contribution is 8.03. The number of nitro benzene ring substituents is 2. The summed E-state index contributed by atoms with van der Waals surface area (Å²) in [4.78, 5) is 74.7. The monoisotopic (exact) mass is 743 g/mol. The van der Waals surface area contributed by atoms with Crippen LogP contribution in [0.15, 0.2) is 59.1 Å². The van der Waals surface area contributed by atoms with Crippen LogP contribution in [0, 0.1) is 32.1 Å². The Balaban J connectivity index is 1.24. The van der Waals surface area contributed by atoms with Gasteiger partial charge in [0, 0.05) is 59.5 Å². The maximum Gasteiger partial charge on any atom is 0.410 e. The van der Waals surface area contributed by atoms with E-state index in [9.17, 15) is 54.7 Å². The number of aliphatic hydroxyl groups excluding tert-OH is 2. The average Bonchev–Trinajstić information content (AvgIpc) is 3.60. The van der Waals surface area contributed by atoms with Gasteiger partial charge in [-0.25, -0.2) is 14.4 Å². The van der Waals surface area contributed by atoms with Crippen molar-refractivity contribution in [2.24, 2.45) is 11.8 Å². The summed E-state index contributed by atoms with van der Waals surface area (Å²) < 4.78 is 10.7. The first-order valence-electron chi connectivity index (χ1n) is 16.3. The molecule has 2 aromatic rings. The number of fused-ring (bicyclic) bond motifs is 1. The first kappa shape index (κ1) is 38.0. The van der Waals surface area contributed by atoms with Gasteiger partial charge in [0.05, 0.1) is 34.0 Å². The maximum absolute atomic E-state index is 13.4. The fourth-order valence-electron chi connectivity index (χ4n) is 6.72. The number of nitro groups is 2. The number of thioether (sulfide) groups is 1. The first-order valence-corrected chi connectivity index (χ1v) is 17.2. The van der Waals surface area contributed by atoms with E-state index in [2.05, 4.69) is 5.32 Å². The third kappa shape index (κ3) is 8.27. The zero-order valence-corrected chi connectivity index (χ0v) is 28.8. The van der Waals surface area contributed by atoms with Crippen LogP contribution < -0.4 is 5.32 Å². The molecule has 278 valence electrons. The molecule has 7 atom stereocenters. The Kier molecular flexibility index (Phi) is 11.7. The molecule has 0 spiro atoms. The lowest BCUT2D eigenvalue weighted by molar-refractivity contribution is -0.385. The quantitative estimate of drug-likeness (QED) is 0.123. The van der Waals surface area contributed by atoms with Gasteiger partial charge in [0.15, 0.2) is 0 Å². The number of hydrogen-bond donors (Lipinski definition) is 4. The van der Waals surface area contributed by atoms with Crippen LogP contribution >= 0.6 is 11.8 Å². The number of carboxylic acids is 1. The van der Waals surface area contributed by atoms with Gasteiger partial charge in [-0.2, -0.15) is 0 Å². The van der Waals surface area contributed by atoms with E-state index in [0.29, 0.717) is 22.5 Å². The number of aliphatic carboxylic acids is 1. The number of amides is 3. The Hall–Kier alpha value is -5.27. The Morgan fingerprint density at radius 3 is 2.06 bits per heavy atom. The van der Waals surface area contributed by atoms with Crippen LogP contribution in [0.2, 0.25) is 0 Å². The smallest absolute Gasteiger partial charge is 0.410 e. The van der Waals surface area contributed by atoms with E-state index in [-0.39, 0.29) is 55.0 Å². The van der Waals surface area contributed by atoms with Gasteiger partial charge in [0.2, 0.25) is 5.91 Å². The molecule has 1 unspecified atom stereocenters. The van der Waals surface area contributed by atoms with Crippen LogP contribution in [0.25, 0.3) is 0 Å². The van der Waals surface area contributed by atoms with Crippen molar-refractivity contribution < 1.29 is 53.8 Å². The number of nitrogens with one attached hydrogen (secondary N) is 1. The van der Waals surface area contributed by atoms with E-state index in [1.54, 1.807) is 6.92 Å². The molecule has 3 heterocycles. The molecule has 4 N–H and O–H groups in total. The van der Waals surface area contributed by atoms with Crippen molar-refractivity contribution in [1.82, 2.24) is 15.1 Å². The van der Waals surface area contributed by atoms with Gasteiger partial charge in [-0.1, -0.05) is 6.92 Å². The molecule has 2 saturated heterocycles. The highest BCUT2D eigenvalue weighted by Gasteiger charge is 2.60. The number of carboxylic acid groups (broad SMARTS) is 1. The van der Waals surface area contributed by atoms with Crippen LogP contribution in [0.5, 0.6) is 0 Å². The number of rotatable bonds is 14. The fraction of sp³-hybridized carbons (Fsp3) is 0.455. The number of ether oxygens (including phenoxy) is 2. The molecule has 0 saturated carbocycles. The minimum atomic E-state index is -1.29. The van der Waals surface area contributed by atoms with Gasteiger partial charge >= 0.3 is 18.2 Å². The number of β-lactam (4-membered cyclic amide) rings is 1. The van der Waals surface area contributed by atoms with Crippen molar-refractivity contribution in [3.8, 4) is 0 Å². The molecule has 19 heteroatoms. The molecule has 0 bridgehead atoms. The standard InChI is InChI=1S/C33H37N5O13S/c1-17-27-26(18(2)39)30(41)36(27)28(31(42)43)29(17)52-25-12-23(35(14-25)33(45)51-16-20-5-9-22(10-6-20)38(48)49)11-24(40)13-34-32(44)50-15-19-3-7-21(8-4-19)37(46)47/h3-10,17-18,23-27,39-40H,11-16H2,1-2H3,(H,34,44)(H,42,43)/t17-,18-,23-,24?,25+,26-,27-/m1/s1. The van der Waals surface area contributed by atoms with Gasteiger partial charge in [-0.05, 0) is 55.2 Å². The van der Waals surface area contributed by atoms with Crippen LogP contribution in [0.4, 0.5) is 21.0 Å². The first-order chi connectivity index (χ1) is 24.7. The Morgan fingerprint density at radius 2 is 1.54 bits per heavy atom.